The molecular weight excluding hydrogens is 260 g/mol. The van der Waals surface area contributed by atoms with Crippen LogP contribution in [0.15, 0.2) is 35.2 Å². The second kappa shape index (κ2) is 6.03. The van der Waals surface area contributed by atoms with Crippen molar-refractivity contribution in [1.29, 1.82) is 0 Å². The van der Waals surface area contributed by atoms with Gasteiger partial charge in [0.2, 0.25) is 10.0 Å². The largest absolute Gasteiger partial charge is 0.309 e. The highest BCUT2D eigenvalue weighted by atomic mass is 32.2. The van der Waals surface area contributed by atoms with Crippen LogP contribution < -0.4 is 0 Å². The van der Waals surface area contributed by atoms with Crippen molar-refractivity contribution in [2.75, 3.05) is 33.7 Å². The number of piperidine rings is 1. The van der Waals surface area contributed by atoms with Gasteiger partial charge in [0, 0.05) is 19.6 Å². The van der Waals surface area contributed by atoms with Gasteiger partial charge in [0.05, 0.1) is 4.90 Å². The number of hydrogen-bond donors (Lipinski definition) is 0. The van der Waals surface area contributed by atoms with Gasteiger partial charge in [0.25, 0.3) is 0 Å². The molecule has 0 atom stereocenters. The highest BCUT2D eigenvalue weighted by molar-refractivity contribution is 7.89. The fourth-order valence-electron chi connectivity index (χ4n) is 2.59. The molecule has 0 aromatic heterocycles. The van der Waals surface area contributed by atoms with E-state index in [4.69, 9.17) is 0 Å². The number of sulfonamides is 1. The molecule has 1 aromatic rings. The number of hydrogen-bond acceptors (Lipinski definition) is 3. The van der Waals surface area contributed by atoms with E-state index in [-0.39, 0.29) is 0 Å². The standard InChI is InChI=1S/C14H22N2O2S/c1-15(2)12-13-8-10-16(11-9-13)19(17,18)14-6-4-3-5-7-14/h3-7,13H,8-12H2,1-2H3. The summed E-state index contributed by atoms with van der Waals surface area (Å²) in [5, 5.41) is 0. The summed E-state index contributed by atoms with van der Waals surface area (Å²) in [6, 6.07) is 8.71. The Morgan fingerprint density at radius 2 is 1.74 bits per heavy atom. The van der Waals surface area contributed by atoms with Crippen LogP contribution in [-0.4, -0.2) is 51.4 Å². The summed E-state index contributed by atoms with van der Waals surface area (Å²) in [5.74, 6) is 0.609. The molecule has 5 heteroatoms. The van der Waals surface area contributed by atoms with Crippen LogP contribution in [0.4, 0.5) is 0 Å². The third kappa shape index (κ3) is 3.55. The van der Waals surface area contributed by atoms with Gasteiger partial charge in [-0.2, -0.15) is 4.31 Å². The summed E-state index contributed by atoms with van der Waals surface area (Å²) in [5.41, 5.74) is 0. The molecule has 2 rings (SSSR count). The molecule has 19 heavy (non-hydrogen) atoms. The maximum Gasteiger partial charge on any atom is 0.243 e. The zero-order chi connectivity index (χ0) is 13.9. The van der Waals surface area contributed by atoms with Gasteiger partial charge in [-0.15, -0.1) is 0 Å². The molecule has 0 unspecified atom stereocenters. The molecule has 1 fully saturated rings. The Kier molecular flexibility index (Phi) is 4.60. The fourth-order valence-corrected chi connectivity index (χ4v) is 4.08. The molecule has 1 aromatic carbocycles. The van der Waals surface area contributed by atoms with Gasteiger partial charge in [0.15, 0.2) is 0 Å². The predicted molar refractivity (Wildman–Crippen MR) is 76.5 cm³/mol. The highest BCUT2D eigenvalue weighted by Crippen LogP contribution is 2.23. The third-order valence-electron chi connectivity index (χ3n) is 3.58. The predicted octanol–water partition coefficient (Wildman–Crippen LogP) is 1.65. The summed E-state index contributed by atoms with van der Waals surface area (Å²) in [6.45, 7) is 2.31. The lowest BCUT2D eigenvalue weighted by Crippen LogP contribution is -2.40. The van der Waals surface area contributed by atoms with E-state index in [2.05, 4.69) is 19.0 Å². The zero-order valence-electron chi connectivity index (χ0n) is 11.6. The van der Waals surface area contributed by atoms with Gasteiger partial charge in [0.1, 0.15) is 0 Å². The minimum absolute atomic E-state index is 0.404. The minimum atomic E-state index is -3.29. The van der Waals surface area contributed by atoms with Crippen molar-refractivity contribution in [1.82, 2.24) is 9.21 Å². The first kappa shape index (κ1) is 14.5. The van der Waals surface area contributed by atoms with E-state index in [0.717, 1.165) is 19.4 Å². The maximum absolute atomic E-state index is 12.4. The molecule has 0 radical (unpaired) electrons. The lowest BCUT2D eigenvalue weighted by atomic mass is 9.98. The summed E-state index contributed by atoms with van der Waals surface area (Å²) >= 11 is 0. The van der Waals surface area contributed by atoms with Gasteiger partial charge in [-0.1, -0.05) is 18.2 Å². The molecule has 0 spiro atoms. The number of nitrogens with zero attached hydrogens (tertiary/aromatic N) is 2. The molecule has 0 N–H and O–H groups in total. The second-order valence-electron chi connectivity index (χ2n) is 5.42. The van der Waals surface area contributed by atoms with Gasteiger partial charge < -0.3 is 4.90 Å². The van der Waals surface area contributed by atoms with Gasteiger partial charge in [-0.25, -0.2) is 8.42 Å². The van der Waals surface area contributed by atoms with Crippen molar-refractivity contribution in [2.45, 2.75) is 17.7 Å². The second-order valence-corrected chi connectivity index (χ2v) is 7.36. The average Bonchev–Trinajstić information content (AvgIpc) is 2.40. The number of benzene rings is 1. The highest BCUT2D eigenvalue weighted by Gasteiger charge is 2.29. The van der Waals surface area contributed by atoms with Crippen LogP contribution in [0.3, 0.4) is 0 Å². The first-order valence-electron chi connectivity index (χ1n) is 6.70. The summed E-state index contributed by atoms with van der Waals surface area (Å²) in [7, 11) is 0.831. The van der Waals surface area contributed by atoms with Crippen molar-refractivity contribution in [3.8, 4) is 0 Å². The molecule has 1 aliphatic rings. The van der Waals surface area contributed by atoms with Crippen LogP contribution in [0.25, 0.3) is 0 Å². The minimum Gasteiger partial charge on any atom is -0.309 e. The monoisotopic (exact) mass is 282 g/mol. The average molecular weight is 282 g/mol. The van der Waals surface area contributed by atoms with E-state index in [1.54, 1.807) is 28.6 Å². The number of rotatable bonds is 4. The topological polar surface area (TPSA) is 40.6 Å². The third-order valence-corrected chi connectivity index (χ3v) is 5.49. The molecular formula is C14H22N2O2S. The van der Waals surface area contributed by atoms with Crippen molar-refractivity contribution >= 4 is 10.0 Å². The maximum atomic E-state index is 12.4. The van der Waals surface area contributed by atoms with Crippen LogP contribution in [0.2, 0.25) is 0 Å². The van der Waals surface area contributed by atoms with E-state index < -0.39 is 10.0 Å². The smallest absolute Gasteiger partial charge is 0.243 e. The molecule has 0 aliphatic carbocycles. The van der Waals surface area contributed by atoms with E-state index in [1.165, 1.54) is 0 Å². The zero-order valence-corrected chi connectivity index (χ0v) is 12.4. The van der Waals surface area contributed by atoms with E-state index in [9.17, 15) is 8.42 Å². The molecule has 0 amide bonds. The van der Waals surface area contributed by atoms with Crippen molar-refractivity contribution in [3.63, 3.8) is 0 Å². The van der Waals surface area contributed by atoms with E-state index >= 15 is 0 Å². The van der Waals surface area contributed by atoms with Gasteiger partial charge >= 0.3 is 0 Å². The first-order valence-corrected chi connectivity index (χ1v) is 8.14. The fraction of sp³-hybridized carbons (Fsp3) is 0.571. The molecule has 4 nitrogen and oxygen atoms in total. The Labute approximate surface area is 116 Å². The van der Waals surface area contributed by atoms with Crippen LogP contribution in [0, 0.1) is 5.92 Å². The van der Waals surface area contributed by atoms with Crippen LogP contribution >= 0.6 is 0 Å². The molecule has 0 saturated carbocycles. The normalized spacial score (nSPS) is 18.9. The SMILES string of the molecule is CN(C)CC1CCN(S(=O)(=O)c2ccccc2)CC1. The first-order chi connectivity index (χ1) is 9.00. The van der Waals surface area contributed by atoms with Crippen LogP contribution in [-0.2, 0) is 10.0 Å². The Morgan fingerprint density at radius 3 is 2.26 bits per heavy atom. The van der Waals surface area contributed by atoms with Crippen molar-refractivity contribution < 1.29 is 8.42 Å². The lowest BCUT2D eigenvalue weighted by molar-refractivity contribution is 0.225. The quantitative estimate of drug-likeness (QED) is 0.843. The van der Waals surface area contributed by atoms with Gasteiger partial charge in [-0.3, -0.25) is 0 Å². The Morgan fingerprint density at radius 1 is 1.16 bits per heavy atom. The van der Waals surface area contributed by atoms with E-state index in [1.807, 2.05) is 6.07 Å². The molecule has 1 saturated heterocycles. The summed E-state index contributed by atoms with van der Waals surface area (Å²) in [4.78, 5) is 2.58. The summed E-state index contributed by atoms with van der Waals surface area (Å²) in [6.07, 6.45) is 1.90. The Balaban J connectivity index is 2.01. The molecule has 1 aliphatic heterocycles. The molecule has 106 valence electrons. The Hall–Kier alpha value is -0.910. The lowest BCUT2D eigenvalue weighted by Gasteiger charge is -2.32. The van der Waals surface area contributed by atoms with Gasteiger partial charge in [-0.05, 0) is 45.0 Å². The van der Waals surface area contributed by atoms with Crippen molar-refractivity contribution in [3.05, 3.63) is 30.3 Å². The van der Waals surface area contributed by atoms with Crippen LogP contribution in [0.5, 0.6) is 0 Å². The molecule has 1 heterocycles. The summed E-state index contributed by atoms with van der Waals surface area (Å²) < 4.78 is 26.5. The van der Waals surface area contributed by atoms with Crippen molar-refractivity contribution in [2.24, 2.45) is 5.92 Å². The molecule has 0 bridgehead atoms. The van der Waals surface area contributed by atoms with E-state index in [0.29, 0.717) is 23.9 Å². The Bertz CT molecular complexity index is 491. The van der Waals surface area contributed by atoms with Crippen LogP contribution in [0.1, 0.15) is 12.8 Å².